The maximum absolute atomic E-state index is 14.5. The molecule has 3 aromatic rings. The van der Waals surface area contributed by atoms with Gasteiger partial charge in [0.15, 0.2) is 23.7 Å². The van der Waals surface area contributed by atoms with Crippen LogP contribution in [0.4, 0.5) is 14.6 Å². The van der Waals surface area contributed by atoms with Gasteiger partial charge in [-0.05, 0) is 43.6 Å². The van der Waals surface area contributed by atoms with Crippen molar-refractivity contribution in [3.05, 3.63) is 36.3 Å². The van der Waals surface area contributed by atoms with E-state index in [1.165, 1.54) is 6.07 Å². The van der Waals surface area contributed by atoms with Crippen molar-refractivity contribution in [2.75, 3.05) is 5.32 Å². The van der Waals surface area contributed by atoms with E-state index in [4.69, 9.17) is 0 Å². The lowest BCUT2D eigenvalue weighted by atomic mass is 9.61. The summed E-state index contributed by atoms with van der Waals surface area (Å²) < 4.78 is 28.2. The number of anilines is 1. The molecule has 2 atom stereocenters. The first-order valence-corrected chi connectivity index (χ1v) is 9.79. The number of hydrogen-bond donors (Lipinski definition) is 4. The zero-order chi connectivity index (χ0) is 20.1. The van der Waals surface area contributed by atoms with Crippen LogP contribution in [-0.2, 0) is 0 Å². The Hall–Kier alpha value is -2.65. The SMILES string of the molecule is OC(O)[C@@H]1C2CCC(CC2)[C@H]1Nc1nc(-c2c[nH]c3ncc(F)cc23)ncc1F. The molecule has 9 heteroatoms. The molecule has 0 aliphatic heterocycles. The third-order valence-corrected chi connectivity index (χ3v) is 6.41. The average Bonchev–Trinajstić information content (AvgIpc) is 3.13. The normalized spacial score (nSPS) is 26.4. The summed E-state index contributed by atoms with van der Waals surface area (Å²) in [5.74, 6) is -0.805. The van der Waals surface area contributed by atoms with Gasteiger partial charge in [-0.2, -0.15) is 0 Å². The molecule has 0 spiro atoms. The zero-order valence-corrected chi connectivity index (χ0v) is 15.5. The van der Waals surface area contributed by atoms with E-state index < -0.39 is 17.9 Å². The van der Waals surface area contributed by atoms with Crippen molar-refractivity contribution in [1.29, 1.82) is 0 Å². The zero-order valence-electron chi connectivity index (χ0n) is 15.5. The van der Waals surface area contributed by atoms with E-state index in [0.29, 0.717) is 16.6 Å². The van der Waals surface area contributed by atoms with E-state index >= 15 is 0 Å². The number of H-pyrrole nitrogens is 1. The molecule has 3 heterocycles. The van der Waals surface area contributed by atoms with Gasteiger partial charge in [0.25, 0.3) is 0 Å². The van der Waals surface area contributed by atoms with Crippen LogP contribution in [0.1, 0.15) is 25.7 Å². The number of aliphatic hydroxyl groups excluding tert-OH is 1. The second-order valence-corrected chi connectivity index (χ2v) is 7.98. The highest BCUT2D eigenvalue weighted by Crippen LogP contribution is 2.47. The van der Waals surface area contributed by atoms with Crippen LogP contribution in [0.2, 0.25) is 0 Å². The highest BCUT2D eigenvalue weighted by molar-refractivity contribution is 5.91. The molecule has 4 N–H and O–H groups in total. The quantitative estimate of drug-likeness (QED) is 0.501. The molecule has 3 fully saturated rings. The number of rotatable bonds is 4. The first-order chi connectivity index (χ1) is 14.0. The fourth-order valence-electron chi connectivity index (χ4n) is 5.06. The minimum absolute atomic E-state index is 0.0110. The van der Waals surface area contributed by atoms with Crippen molar-refractivity contribution in [3.8, 4) is 11.4 Å². The van der Waals surface area contributed by atoms with E-state index in [-0.39, 0.29) is 35.4 Å². The van der Waals surface area contributed by atoms with Gasteiger partial charge in [-0.1, -0.05) is 0 Å². The van der Waals surface area contributed by atoms with Gasteiger partial charge in [-0.3, -0.25) is 0 Å². The molecule has 3 aliphatic carbocycles. The Morgan fingerprint density at radius 1 is 1.07 bits per heavy atom. The molecule has 3 aliphatic rings. The smallest absolute Gasteiger partial charge is 0.183 e. The maximum atomic E-state index is 14.5. The van der Waals surface area contributed by atoms with Crippen LogP contribution in [0.25, 0.3) is 22.4 Å². The first kappa shape index (κ1) is 18.4. The summed E-state index contributed by atoms with van der Waals surface area (Å²) in [6.07, 6.45) is 6.18. The fraction of sp³-hybridized carbons (Fsp3) is 0.450. The number of nitrogens with zero attached hydrogens (tertiary/aromatic N) is 3. The van der Waals surface area contributed by atoms with Gasteiger partial charge in [0, 0.05) is 29.1 Å². The van der Waals surface area contributed by atoms with Crippen LogP contribution >= 0.6 is 0 Å². The van der Waals surface area contributed by atoms with E-state index in [1.54, 1.807) is 6.20 Å². The molecule has 7 nitrogen and oxygen atoms in total. The summed E-state index contributed by atoms with van der Waals surface area (Å²) in [6.45, 7) is 0. The molecule has 3 saturated carbocycles. The van der Waals surface area contributed by atoms with Crippen LogP contribution in [0.15, 0.2) is 24.7 Å². The van der Waals surface area contributed by atoms with E-state index in [2.05, 4.69) is 25.3 Å². The van der Waals surface area contributed by atoms with Crippen LogP contribution in [0.3, 0.4) is 0 Å². The highest BCUT2D eigenvalue weighted by atomic mass is 19.1. The molecule has 152 valence electrons. The van der Waals surface area contributed by atoms with Crippen LogP contribution in [0, 0.1) is 29.4 Å². The molecule has 29 heavy (non-hydrogen) atoms. The van der Waals surface area contributed by atoms with Gasteiger partial charge in [-0.15, -0.1) is 0 Å². The standard InChI is InChI=1S/C20H21F2N5O2/c21-11-5-12-13(7-24-17(12)23-6-11)18-25-8-14(22)19(27-18)26-16-10-3-1-9(2-4-10)15(16)20(28)29/h5-10,15-16,20,28-29H,1-4H2,(H,23,24)(H,25,26,27)/t9?,10?,15-,16-/m1/s1. The molecule has 0 radical (unpaired) electrons. The average molecular weight is 401 g/mol. The Morgan fingerprint density at radius 2 is 1.83 bits per heavy atom. The number of halogens is 2. The summed E-state index contributed by atoms with van der Waals surface area (Å²) in [5, 5.41) is 23.4. The molecular formula is C20H21F2N5O2. The number of fused-ring (bicyclic) bond motifs is 4. The van der Waals surface area contributed by atoms with Crippen LogP contribution < -0.4 is 5.32 Å². The maximum Gasteiger partial charge on any atom is 0.183 e. The Balaban J connectivity index is 1.50. The molecule has 0 saturated heterocycles. The van der Waals surface area contributed by atoms with Crippen molar-refractivity contribution in [2.45, 2.75) is 38.0 Å². The monoisotopic (exact) mass is 401 g/mol. The van der Waals surface area contributed by atoms with Crippen molar-refractivity contribution in [2.24, 2.45) is 17.8 Å². The molecule has 0 aromatic carbocycles. The summed E-state index contributed by atoms with van der Waals surface area (Å²) >= 11 is 0. The molecule has 0 unspecified atom stereocenters. The second kappa shape index (κ2) is 7.00. The Kier molecular flexibility index (Phi) is 4.44. The van der Waals surface area contributed by atoms with Crippen LogP contribution in [-0.4, -0.2) is 42.5 Å². The van der Waals surface area contributed by atoms with Gasteiger partial charge in [0.2, 0.25) is 0 Å². The first-order valence-electron chi connectivity index (χ1n) is 9.79. The summed E-state index contributed by atoms with van der Waals surface area (Å²) in [6, 6.07) is 1.05. The summed E-state index contributed by atoms with van der Waals surface area (Å²) in [4.78, 5) is 15.3. The van der Waals surface area contributed by atoms with Gasteiger partial charge in [0.1, 0.15) is 11.5 Å². The molecule has 3 aromatic heterocycles. The minimum atomic E-state index is -1.47. The summed E-state index contributed by atoms with van der Waals surface area (Å²) in [5.41, 5.74) is 0.996. The number of hydrogen-bond acceptors (Lipinski definition) is 6. The molecule has 6 rings (SSSR count). The van der Waals surface area contributed by atoms with Gasteiger partial charge >= 0.3 is 0 Å². The third kappa shape index (κ3) is 3.14. The Bertz CT molecular complexity index is 1050. The molecular weight excluding hydrogens is 380 g/mol. The van der Waals surface area contributed by atoms with Crippen molar-refractivity contribution < 1.29 is 19.0 Å². The van der Waals surface area contributed by atoms with Gasteiger partial charge in [-0.25, -0.2) is 23.7 Å². The minimum Gasteiger partial charge on any atom is -0.368 e. The van der Waals surface area contributed by atoms with E-state index in [9.17, 15) is 19.0 Å². The van der Waals surface area contributed by atoms with E-state index in [1.807, 2.05) is 0 Å². The Labute approximate surface area is 165 Å². The fourth-order valence-corrected chi connectivity index (χ4v) is 5.06. The van der Waals surface area contributed by atoms with Crippen molar-refractivity contribution >= 4 is 16.9 Å². The van der Waals surface area contributed by atoms with Gasteiger partial charge in [0.05, 0.1) is 12.4 Å². The van der Waals surface area contributed by atoms with E-state index in [0.717, 1.165) is 38.1 Å². The number of nitrogens with one attached hydrogen (secondary N) is 2. The van der Waals surface area contributed by atoms with Crippen molar-refractivity contribution in [3.63, 3.8) is 0 Å². The largest absolute Gasteiger partial charge is 0.368 e. The number of aliphatic hydroxyl groups is 2. The number of aromatic nitrogens is 4. The second-order valence-electron chi connectivity index (χ2n) is 7.98. The predicted molar refractivity (Wildman–Crippen MR) is 102 cm³/mol. The highest BCUT2D eigenvalue weighted by Gasteiger charge is 2.46. The lowest BCUT2D eigenvalue weighted by Crippen LogP contribution is -2.53. The molecule has 0 amide bonds. The lowest BCUT2D eigenvalue weighted by molar-refractivity contribution is -0.133. The molecule has 2 bridgehead atoms. The number of aromatic amines is 1. The lowest BCUT2D eigenvalue weighted by Gasteiger charge is -2.49. The topological polar surface area (TPSA) is 107 Å². The van der Waals surface area contributed by atoms with Crippen molar-refractivity contribution in [1.82, 2.24) is 19.9 Å². The summed E-state index contributed by atoms with van der Waals surface area (Å²) in [7, 11) is 0. The van der Waals surface area contributed by atoms with Crippen LogP contribution in [0.5, 0.6) is 0 Å². The number of pyridine rings is 1. The Morgan fingerprint density at radius 3 is 2.59 bits per heavy atom. The predicted octanol–water partition coefficient (Wildman–Crippen LogP) is 2.83. The van der Waals surface area contributed by atoms with Gasteiger partial charge < -0.3 is 20.5 Å². The third-order valence-electron chi connectivity index (χ3n) is 6.41.